The van der Waals surface area contributed by atoms with Crippen LogP contribution in [0.1, 0.15) is 17.1 Å². The molecule has 3 heterocycles. The third kappa shape index (κ3) is 2.58. The maximum Gasteiger partial charge on any atom is 0.108 e. The molecule has 1 aliphatic rings. The Hall–Kier alpha value is -1.13. The van der Waals surface area contributed by atoms with E-state index in [1.54, 1.807) is 0 Å². The largest absolute Gasteiger partial charge is 0.335 e. The predicted octanol–water partition coefficient (Wildman–Crippen LogP) is 2.30. The molecular formula is C13H17N3S. The standard InChI is InChI=1S/C13H17N3S/c1-2-12(17-7-1)9-14-8-11-3-4-13-15-5-6-16(13)10-11/h1-2,5-7,11,14H,3-4,8-10H2/t11-/m0/s1. The third-order valence-electron chi connectivity index (χ3n) is 3.35. The van der Waals surface area contributed by atoms with Gasteiger partial charge in [-0.3, -0.25) is 0 Å². The van der Waals surface area contributed by atoms with Gasteiger partial charge in [0, 0.05) is 43.3 Å². The second-order valence-electron chi connectivity index (χ2n) is 4.61. The fourth-order valence-electron chi connectivity index (χ4n) is 2.42. The highest BCUT2D eigenvalue weighted by atomic mass is 32.1. The van der Waals surface area contributed by atoms with Gasteiger partial charge in [0.2, 0.25) is 0 Å². The van der Waals surface area contributed by atoms with E-state index in [9.17, 15) is 0 Å². The molecule has 17 heavy (non-hydrogen) atoms. The maximum atomic E-state index is 4.36. The van der Waals surface area contributed by atoms with Crippen molar-refractivity contribution in [1.29, 1.82) is 0 Å². The van der Waals surface area contributed by atoms with Gasteiger partial charge in [0.05, 0.1) is 0 Å². The second-order valence-corrected chi connectivity index (χ2v) is 5.64. The summed E-state index contributed by atoms with van der Waals surface area (Å²) in [6.07, 6.45) is 6.39. The summed E-state index contributed by atoms with van der Waals surface area (Å²) in [5, 5.41) is 5.69. The smallest absolute Gasteiger partial charge is 0.108 e. The van der Waals surface area contributed by atoms with Gasteiger partial charge in [-0.05, 0) is 23.8 Å². The minimum Gasteiger partial charge on any atom is -0.335 e. The monoisotopic (exact) mass is 247 g/mol. The average molecular weight is 247 g/mol. The Morgan fingerprint density at radius 1 is 1.53 bits per heavy atom. The summed E-state index contributed by atoms with van der Waals surface area (Å²) in [5.41, 5.74) is 0. The molecule has 1 N–H and O–H groups in total. The first kappa shape index (κ1) is 11.0. The van der Waals surface area contributed by atoms with Gasteiger partial charge in [0.25, 0.3) is 0 Å². The zero-order valence-corrected chi connectivity index (χ0v) is 10.6. The van der Waals surface area contributed by atoms with Crippen LogP contribution >= 0.6 is 11.3 Å². The molecule has 0 aromatic carbocycles. The summed E-state index contributed by atoms with van der Waals surface area (Å²) in [6, 6.07) is 4.30. The highest BCUT2D eigenvalue weighted by Crippen LogP contribution is 2.18. The molecule has 0 saturated heterocycles. The number of imidazole rings is 1. The number of aromatic nitrogens is 2. The van der Waals surface area contributed by atoms with Gasteiger partial charge in [-0.2, -0.15) is 0 Å². The lowest BCUT2D eigenvalue weighted by Gasteiger charge is -2.23. The number of hydrogen-bond donors (Lipinski definition) is 1. The Bertz CT molecular complexity index is 461. The summed E-state index contributed by atoms with van der Waals surface area (Å²) in [5.74, 6) is 2.00. The van der Waals surface area contributed by atoms with Crippen molar-refractivity contribution in [3.63, 3.8) is 0 Å². The van der Waals surface area contributed by atoms with E-state index >= 15 is 0 Å². The van der Waals surface area contributed by atoms with Gasteiger partial charge in [0.1, 0.15) is 5.82 Å². The Balaban J connectivity index is 1.48. The van der Waals surface area contributed by atoms with Gasteiger partial charge in [-0.1, -0.05) is 6.07 Å². The fourth-order valence-corrected chi connectivity index (χ4v) is 3.09. The molecule has 3 nitrogen and oxygen atoms in total. The van der Waals surface area contributed by atoms with Crippen LogP contribution in [-0.4, -0.2) is 16.1 Å². The molecule has 0 bridgehead atoms. The van der Waals surface area contributed by atoms with Crippen LogP contribution < -0.4 is 5.32 Å². The Morgan fingerprint density at radius 3 is 3.41 bits per heavy atom. The molecule has 4 heteroatoms. The Labute approximate surface area is 106 Å². The highest BCUT2D eigenvalue weighted by molar-refractivity contribution is 7.09. The van der Waals surface area contributed by atoms with E-state index in [1.807, 2.05) is 17.5 Å². The first-order valence-corrected chi connectivity index (χ1v) is 7.03. The van der Waals surface area contributed by atoms with Gasteiger partial charge < -0.3 is 9.88 Å². The zero-order chi connectivity index (χ0) is 11.5. The molecule has 0 aliphatic carbocycles. The van der Waals surface area contributed by atoms with Crippen LogP contribution in [-0.2, 0) is 19.5 Å². The normalized spacial score (nSPS) is 19.2. The van der Waals surface area contributed by atoms with Gasteiger partial charge >= 0.3 is 0 Å². The molecular weight excluding hydrogens is 230 g/mol. The molecule has 0 amide bonds. The molecule has 1 atom stereocenters. The van der Waals surface area contributed by atoms with E-state index in [-0.39, 0.29) is 0 Å². The fraction of sp³-hybridized carbons (Fsp3) is 0.462. The number of aryl methyl sites for hydroxylation is 1. The lowest BCUT2D eigenvalue weighted by Crippen LogP contribution is -2.29. The molecule has 0 saturated carbocycles. The lowest BCUT2D eigenvalue weighted by molar-refractivity contribution is 0.348. The average Bonchev–Trinajstić information content (AvgIpc) is 2.98. The van der Waals surface area contributed by atoms with Crippen molar-refractivity contribution in [2.24, 2.45) is 5.92 Å². The van der Waals surface area contributed by atoms with Crippen molar-refractivity contribution in [2.45, 2.75) is 25.9 Å². The summed E-state index contributed by atoms with van der Waals surface area (Å²) in [6.45, 7) is 3.23. The topological polar surface area (TPSA) is 29.9 Å². The second kappa shape index (κ2) is 5.02. The number of rotatable bonds is 4. The predicted molar refractivity (Wildman–Crippen MR) is 70.1 cm³/mol. The number of nitrogens with one attached hydrogen (secondary N) is 1. The number of hydrogen-bond acceptors (Lipinski definition) is 3. The number of thiophene rings is 1. The molecule has 3 rings (SSSR count). The number of nitrogens with zero attached hydrogens (tertiary/aromatic N) is 2. The SMILES string of the molecule is c1csc(CNC[C@@H]2CCc3nccn3C2)c1. The van der Waals surface area contributed by atoms with Crippen molar-refractivity contribution < 1.29 is 0 Å². The summed E-state index contributed by atoms with van der Waals surface area (Å²) in [7, 11) is 0. The minimum absolute atomic E-state index is 0.747. The van der Waals surface area contributed by atoms with E-state index in [1.165, 1.54) is 17.1 Å². The zero-order valence-electron chi connectivity index (χ0n) is 9.80. The van der Waals surface area contributed by atoms with Crippen molar-refractivity contribution in [3.8, 4) is 0 Å². The minimum atomic E-state index is 0.747. The molecule has 0 fully saturated rings. The third-order valence-corrected chi connectivity index (χ3v) is 4.22. The van der Waals surface area contributed by atoms with Crippen LogP contribution in [0.15, 0.2) is 29.9 Å². The van der Waals surface area contributed by atoms with Gasteiger partial charge in [-0.25, -0.2) is 4.98 Å². The summed E-state index contributed by atoms with van der Waals surface area (Å²) in [4.78, 5) is 5.78. The van der Waals surface area contributed by atoms with E-state index in [2.05, 4.69) is 38.6 Å². The van der Waals surface area contributed by atoms with E-state index in [0.717, 1.165) is 32.0 Å². The Morgan fingerprint density at radius 2 is 2.53 bits per heavy atom. The van der Waals surface area contributed by atoms with Gasteiger partial charge in [-0.15, -0.1) is 11.3 Å². The maximum absolute atomic E-state index is 4.36. The molecule has 1 aliphatic heterocycles. The van der Waals surface area contributed by atoms with Crippen molar-refractivity contribution in [3.05, 3.63) is 40.6 Å². The van der Waals surface area contributed by atoms with Crippen LogP contribution in [0.2, 0.25) is 0 Å². The van der Waals surface area contributed by atoms with Crippen LogP contribution in [0.4, 0.5) is 0 Å². The lowest BCUT2D eigenvalue weighted by atomic mass is 9.99. The van der Waals surface area contributed by atoms with Crippen LogP contribution in [0, 0.1) is 5.92 Å². The van der Waals surface area contributed by atoms with Crippen LogP contribution in [0.3, 0.4) is 0 Å². The quantitative estimate of drug-likeness (QED) is 0.898. The molecule has 0 unspecified atom stereocenters. The van der Waals surface area contributed by atoms with Crippen molar-refractivity contribution in [1.82, 2.24) is 14.9 Å². The highest BCUT2D eigenvalue weighted by Gasteiger charge is 2.17. The van der Waals surface area contributed by atoms with Crippen molar-refractivity contribution >= 4 is 11.3 Å². The molecule has 90 valence electrons. The van der Waals surface area contributed by atoms with Crippen LogP contribution in [0.25, 0.3) is 0 Å². The number of fused-ring (bicyclic) bond motifs is 1. The first-order valence-electron chi connectivity index (χ1n) is 6.15. The van der Waals surface area contributed by atoms with E-state index in [0.29, 0.717) is 0 Å². The molecule has 0 spiro atoms. The Kier molecular flexibility index (Phi) is 3.25. The first-order chi connectivity index (χ1) is 8.42. The van der Waals surface area contributed by atoms with Gasteiger partial charge in [0.15, 0.2) is 0 Å². The van der Waals surface area contributed by atoms with E-state index in [4.69, 9.17) is 0 Å². The van der Waals surface area contributed by atoms with Crippen molar-refractivity contribution in [2.75, 3.05) is 6.54 Å². The molecule has 2 aromatic rings. The van der Waals surface area contributed by atoms with E-state index < -0.39 is 0 Å². The summed E-state index contributed by atoms with van der Waals surface area (Å²) < 4.78 is 2.29. The van der Waals surface area contributed by atoms with Crippen LogP contribution in [0.5, 0.6) is 0 Å². The molecule has 0 radical (unpaired) electrons. The summed E-state index contributed by atoms with van der Waals surface area (Å²) >= 11 is 1.82. The molecule has 2 aromatic heterocycles.